The van der Waals surface area contributed by atoms with Crippen molar-refractivity contribution in [3.63, 3.8) is 0 Å². The molecule has 1 aromatic carbocycles. The lowest BCUT2D eigenvalue weighted by atomic mass is 9.93. The van der Waals surface area contributed by atoms with Crippen LogP contribution in [0.5, 0.6) is 0 Å². The normalized spacial score (nSPS) is 17.1. The Kier molecular flexibility index (Phi) is 6.03. The molecule has 1 aliphatic heterocycles. The Balaban J connectivity index is 1.23. The third-order valence-electron chi connectivity index (χ3n) is 6.89. The van der Waals surface area contributed by atoms with Gasteiger partial charge in [-0.2, -0.15) is 0 Å². The number of hydrogen-bond donors (Lipinski definition) is 2. The van der Waals surface area contributed by atoms with Crippen LogP contribution in [0.4, 0.5) is 10.1 Å². The van der Waals surface area contributed by atoms with Crippen molar-refractivity contribution in [2.75, 3.05) is 31.1 Å². The molecule has 1 amide bonds. The summed E-state index contributed by atoms with van der Waals surface area (Å²) in [5.41, 5.74) is 3.44. The van der Waals surface area contributed by atoms with E-state index in [0.29, 0.717) is 29.0 Å². The van der Waals surface area contributed by atoms with E-state index in [1.54, 1.807) is 25.1 Å². The summed E-state index contributed by atoms with van der Waals surface area (Å²) in [4.78, 5) is 40.1. The van der Waals surface area contributed by atoms with Gasteiger partial charge in [-0.1, -0.05) is 6.07 Å². The predicted molar refractivity (Wildman–Crippen MR) is 129 cm³/mol. The van der Waals surface area contributed by atoms with Gasteiger partial charge in [-0.15, -0.1) is 0 Å². The number of carbonyl (C=O) groups is 1. The maximum Gasteiger partial charge on any atom is 0.270 e. The maximum absolute atomic E-state index is 15.1. The average molecular weight is 465 g/mol. The molecule has 2 N–H and O–H groups in total. The first-order chi connectivity index (χ1) is 16.4. The minimum absolute atomic E-state index is 0.103. The second-order valence-electron chi connectivity index (χ2n) is 9.25. The van der Waals surface area contributed by atoms with Crippen molar-refractivity contribution in [2.24, 2.45) is 0 Å². The molecule has 0 unspecified atom stereocenters. The molecule has 0 radical (unpaired) electrons. The molecule has 3 heterocycles. The molecule has 1 saturated carbocycles. The van der Waals surface area contributed by atoms with Crippen molar-refractivity contribution in [3.05, 3.63) is 63.1 Å². The van der Waals surface area contributed by atoms with Crippen molar-refractivity contribution >= 4 is 22.6 Å². The van der Waals surface area contributed by atoms with Gasteiger partial charge in [0.15, 0.2) is 5.82 Å². The molecular weight excluding hydrogens is 435 g/mol. The molecule has 2 fully saturated rings. The fourth-order valence-corrected chi connectivity index (χ4v) is 4.59. The monoisotopic (exact) mass is 464 g/mol. The summed E-state index contributed by atoms with van der Waals surface area (Å²) >= 11 is 0. The third-order valence-corrected chi connectivity index (χ3v) is 6.89. The van der Waals surface area contributed by atoms with E-state index >= 15 is 4.39 Å². The van der Waals surface area contributed by atoms with E-state index < -0.39 is 5.82 Å². The van der Waals surface area contributed by atoms with Crippen LogP contribution in [0.1, 0.15) is 46.7 Å². The largest absolute Gasteiger partial charge is 0.368 e. The van der Waals surface area contributed by atoms with Gasteiger partial charge in [-0.05, 0) is 51.3 Å². The number of nitrogens with zero attached hydrogens (tertiary/aromatic N) is 4. The summed E-state index contributed by atoms with van der Waals surface area (Å²) in [5, 5.41) is 3.03. The van der Waals surface area contributed by atoms with Crippen LogP contribution in [0, 0.1) is 19.7 Å². The van der Waals surface area contributed by atoms with Crippen LogP contribution < -0.4 is 15.8 Å². The average Bonchev–Trinajstić information content (AvgIpc) is 2.80. The van der Waals surface area contributed by atoms with Gasteiger partial charge >= 0.3 is 0 Å². The molecular formula is C25H29FN6O2. The first kappa shape index (κ1) is 22.5. The number of amides is 1. The lowest BCUT2D eigenvalue weighted by molar-refractivity contribution is 0.0911. The maximum atomic E-state index is 15.1. The number of pyridine rings is 1. The summed E-state index contributed by atoms with van der Waals surface area (Å²) in [7, 11) is 0. The highest BCUT2D eigenvalue weighted by Gasteiger charge is 2.23. The lowest BCUT2D eigenvalue weighted by Gasteiger charge is -2.36. The van der Waals surface area contributed by atoms with E-state index in [4.69, 9.17) is 0 Å². The Hall–Kier alpha value is -3.33. The fourth-order valence-electron chi connectivity index (χ4n) is 4.59. The van der Waals surface area contributed by atoms with Gasteiger partial charge in [0.25, 0.3) is 11.5 Å². The highest BCUT2D eigenvalue weighted by atomic mass is 19.1. The number of rotatable bonds is 5. The predicted octanol–water partition coefficient (Wildman–Crippen LogP) is 2.68. The van der Waals surface area contributed by atoms with Crippen molar-refractivity contribution in [2.45, 2.75) is 45.7 Å². The molecule has 8 nitrogen and oxygen atoms in total. The van der Waals surface area contributed by atoms with Crippen LogP contribution in [0.2, 0.25) is 0 Å². The number of anilines is 1. The van der Waals surface area contributed by atoms with Crippen LogP contribution in [0.25, 0.3) is 11.0 Å². The number of aromatic amines is 1. The zero-order chi connectivity index (χ0) is 23.8. The van der Waals surface area contributed by atoms with Crippen LogP contribution in [-0.2, 0) is 6.54 Å². The van der Waals surface area contributed by atoms with Gasteiger partial charge in [-0.3, -0.25) is 14.5 Å². The van der Waals surface area contributed by atoms with E-state index in [1.807, 2.05) is 13.0 Å². The smallest absolute Gasteiger partial charge is 0.270 e. The standard InChI is InChI=1S/C25H29FN6O2/c1-15-21(9-8-20(27-15)25(34)29-18-4-3-5-18)32-12-10-31(11-13-32)14-17-6-7-19-23(22(17)26)30-24(33)16(2)28-19/h6-9,18H,3-5,10-14H2,1-2H3,(H,29,34)(H,30,33). The van der Waals surface area contributed by atoms with E-state index in [1.165, 1.54) is 6.42 Å². The third kappa shape index (κ3) is 4.40. The zero-order valence-electron chi connectivity index (χ0n) is 19.5. The molecule has 178 valence electrons. The number of aromatic nitrogens is 3. The van der Waals surface area contributed by atoms with Gasteiger partial charge in [0.2, 0.25) is 0 Å². The number of benzene rings is 1. The molecule has 3 aromatic rings. The Bertz CT molecular complexity index is 1290. The molecule has 2 aliphatic rings. The second-order valence-corrected chi connectivity index (χ2v) is 9.25. The van der Waals surface area contributed by atoms with E-state index in [2.05, 4.69) is 30.1 Å². The highest BCUT2D eigenvalue weighted by Crippen LogP contribution is 2.24. The van der Waals surface area contributed by atoms with Crippen LogP contribution in [-0.4, -0.2) is 58.0 Å². The first-order valence-electron chi connectivity index (χ1n) is 11.8. The van der Waals surface area contributed by atoms with E-state index in [-0.39, 0.29) is 23.0 Å². The highest BCUT2D eigenvalue weighted by molar-refractivity contribution is 5.93. The van der Waals surface area contributed by atoms with Crippen molar-refractivity contribution in [1.82, 2.24) is 25.2 Å². The Morgan fingerprint density at radius 1 is 1.09 bits per heavy atom. The van der Waals surface area contributed by atoms with Gasteiger partial charge in [0.05, 0.1) is 16.9 Å². The van der Waals surface area contributed by atoms with Crippen molar-refractivity contribution in [1.29, 1.82) is 0 Å². The van der Waals surface area contributed by atoms with Gasteiger partial charge in [0.1, 0.15) is 16.9 Å². The summed E-state index contributed by atoms with van der Waals surface area (Å²) in [6, 6.07) is 7.56. The van der Waals surface area contributed by atoms with Crippen LogP contribution in [0.15, 0.2) is 29.1 Å². The molecule has 1 aliphatic carbocycles. The topological polar surface area (TPSA) is 94.2 Å². The molecule has 9 heteroatoms. The van der Waals surface area contributed by atoms with Gasteiger partial charge in [0, 0.05) is 44.3 Å². The number of H-pyrrole nitrogens is 1. The number of aryl methyl sites for hydroxylation is 2. The van der Waals surface area contributed by atoms with E-state index in [9.17, 15) is 9.59 Å². The Morgan fingerprint density at radius 3 is 2.53 bits per heavy atom. The molecule has 2 aromatic heterocycles. The quantitative estimate of drug-likeness (QED) is 0.603. The van der Waals surface area contributed by atoms with Crippen LogP contribution >= 0.6 is 0 Å². The number of hydrogen-bond acceptors (Lipinski definition) is 6. The Labute approximate surface area is 197 Å². The summed E-state index contributed by atoms with van der Waals surface area (Å²) < 4.78 is 15.1. The molecule has 34 heavy (non-hydrogen) atoms. The molecule has 0 atom stereocenters. The number of carbonyl (C=O) groups excluding carboxylic acids is 1. The summed E-state index contributed by atoms with van der Waals surface area (Å²) in [6.07, 6.45) is 3.27. The van der Waals surface area contributed by atoms with E-state index in [0.717, 1.165) is 50.4 Å². The first-order valence-corrected chi connectivity index (χ1v) is 11.8. The number of fused-ring (bicyclic) bond motifs is 1. The lowest BCUT2D eigenvalue weighted by Crippen LogP contribution is -2.46. The van der Waals surface area contributed by atoms with Crippen molar-refractivity contribution < 1.29 is 9.18 Å². The second kappa shape index (κ2) is 9.13. The molecule has 0 bridgehead atoms. The summed E-state index contributed by atoms with van der Waals surface area (Å²) in [5.74, 6) is -0.520. The minimum Gasteiger partial charge on any atom is -0.368 e. The van der Waals surface area contributed by atoms with Gasteiger partial charge in [-0.25, -0.2) is 14.4 Å². The SMILES string of the molecule is Cc1nc(C(=O)NC2CCC2)ccc1N1CCN(Cc2ccc3nc(C)c(=O)[nH]c3c2F)CC1. The summed E-state index contributed by atoms with van der Waals surface area (Å²) in [6.45, 7) is 7.10. The van der Waals surface area contributed by atoms with Crippen molar-refractivity contribution in [3.8, 4) is 0 Å². The minimum atomic E-state index is -0.416. The number of nitrogens with one attached hydrogen (secondary N) is 2. The van der Waals surface area contributed by atoms with Gasteiger partial charge < -0.3 is 15.2 Å². The Morgan fingerprint density at radius 2 is 1.85 bits per heavy atom. The molecule has 1 saturated heterocycles. The zero-order valence-corrected chi connectivity index (χ0v) is 19.5. The van der Waals surface area contributed by atoms with Crippen LogP contribution in [0.3, 0.4) is 0 Å². The molecule has 5 rings (SSSR count). The fraction of sp³-hybridized carbons (Fsp3) is 0.440. The molecule has 0 spiro atoms. The number of piperazine rings is 1. The number of halogens is 1.